The molecule has 8 heteroatoms. The molecule has 1 heterocycles. The second-order valence-electron chi connectivity index (χ2n) is 4.78. The molecule has 0 spiro atoms. The summed E-state index contributed by atoms with van der Waals surface area (Å²) in [6.07, 6.45) is 0. The van der Waals surface area contributed by atoms with Crippen molar-refractivity contribution >= 4 is 17.6 Å². The molecule has 2 aromatic rings. The normalized spacial score (nSPS) is 10.2. The van der Waals surface area contributed by atoms with Crippen LogP contribution in [0.15, 0.2) is 34.7 Å². The van der Waals surface area contributed by atoms with Crippen LogP contribution in [0.3, 0.4) is 0 Å². The Morgan fingerprint density at radius 2 is 2.00 bits per heavy atom. The van der Waals surface area contributed by atoms with E-state index in [0.29, 0.717) is 23.5 Å². The van der Waals surface area contributed by atoms with Gasteiger partial charge in [-0.15, -0.1) is 0 Å². The topological polar surface area (TPSA) is 109 Å². The fourth-order valence-electron chi connectivity index (χ4n) is 1.96. The maximum absolute atomic E-state index is 11.9. The summed E-state index contributed by atoms with van der Waals surface area (Å²) < 4.78 is 15.3. The molecule has 0 unspecified atom stereocenters. The highest BCUT2D eigenvalue weighted by Gasteiger charge is 2.19. The molecule has 0 bridgehead atoms. The monoisotopic (exact) mass is 333 g/mol. The molecule has 8 nitrogen and oxygen atoms in total. The van der Waals surface area contributed by atoms with Crippen LogP contribution >= 0.6 is 0 Å². The predicted octanol–water partition coefficient (Wildman–Crippen LogP) is 3.15. The summed E-state index contributed by atoms with van der Waals surface area (Å²) in [7, 11) is 0. The number of esters is 1. The van der Waals surface area contributed by atoms with E-state index in [2.05, 4.69) is 0 Å². The van der Waals surface area contributed by atoms with Crippen LogP contribution in [0, 0.1) is 10.1 Å². The van der Waals surface area contributed by atoms with E-state index in [9.17, 15) is 19.7 Å². The van der Waals surface area contributed by atoms with E-state index in [4.69, 9.17) is 13.9 Å². The van der Waals surface area contributed by atoms with Crippen molar-refractivity contribution in [1.29, 1.82) is 0 Å². The lowest BCUT2D eigenvalue weighted by molar-refractivity contribution is -0.402. The molecule has 0 aliphatic rings. The molecular weight excluding hydrogens is 318 g/mol. The molecule has 0 aliphatic carbocycles. The van der Waals surface area contributed by atoms with Crippen LogP contribution in [0.2, 0.25) is 0 Å². The third-order valence-electron chi connectivity index (χ3n) is 3.10. The van der Waals surface area contributed by atoms with Crippen molar-refractivity contribution in [1.82, 2.24) is 0 Å². The highest BCUT2D eigenvalue weighted by molar-refractivity contribution is 5.94. The molecule has 2 rings (SSSR count). The highest BCUT2D eigenvalue weighted by atomic mass is 16.7. The zero-order valence-corrected chi connectivity index (χ0v) is 13.1. The minimum Gasteiger partial charge on any atom is -0.493 e. The first-order chi connectivity index (χ1) is 11.4. The Labute approximate surface area is 137 Å². The summed E-state index contributed by atoms with van der Waals surface area (Å²) in [6, 6.07) is 7.05. The summed E-state index contributed by atoms with van der Waals surface area (Å²) in [5.74, 6) is -1.32. The van der Waals surface area contributed by atoms with E-state index >= 15 is 0 Å². The first-order valence-electron chi connectivity index (χ1n) is 7.10. The molecular formula is C16H15NO7. The summed E-state index contributed by atoms with van der Waals surface area (Å²) in [5.41, 5.74) is 0.970. The average molecular weight is 333 g/mol. The fourth-order valence-corrected chi connectivity index (χ4v) is 1.96. The summed E-state index contributed by atoms with van der Waals surface area (Å²) in [5, 5.41) is 10.5. The average Bonchev–Trinajstić information content (AvgIpc) is 3.04. The molecule has 1 aromatic carbocycles. The maximum atomic E-state index is 11.9. The first-order valence-corrected chi connectivity index (χ1v) is 7.10. The Balaban J connectivity index is 2.14. The first kappa shape index (κ1) is 17.2. The Kier molecular flexibility index (Phi) is 5.31. The van der Waals surface area contributed by atoms with Crippen LogP contribution in [-0.2, 0) is 11.3 Å². The van der Waals surface area contributed by atoms with Crippen molar-refractivity contribution in [2.24, 2.45) is 0 Å². The maximum Gasteiger partial charge on any atom is 0.433 e. The predicted molar refractivity (Wildman–Crippen MR) is 82.1 cm³/mol. The van der Waals surface area contributed by atoms with E-state index < -0.39 is 16.8 Å². The van der Waals surface area contributed by atoms with Gasteiger partial charge in [-0.1, -0.05) is 0 Å². The number of ketones is 1. The van der Waals surface area contributed by atoms with Crippen LogP contribution in [-0.4, -0.2) is 23.3 Å². The van der Waals surface area contributed by atoms with Gasteiger partial charge >= 0.3 is 11.9 Å². The van der Waals surface area contributed by atoms with Crippen molar-refractivity contribution in [3.05, 3.63) is 57.3 Å². The number of carbonyl (C=O) groups is 2. The van der Waals surface area contributed by atoms with Crippen molar-refractivity contribution in [2.75, 3.05) is 6.61 Å². The van der Waals surface area contributed by atoms with Gasteiger partial charge in [0.1, 0.15) is 17.3 Å². The number of benzene rings is 1. The van der Waals surface area contributed by atoms with E-state index in [1.807, 2.05) is 0 Å². The molecule has 0 amide bonds. The highest BCUT2D eigenvalue weighted by Crippen LogP contribution is 2.23. The SMILES string of the molecule is CCOc1ccc(C(C)=O)cc1COC(=O)c1ccc([N+](=O)[O-])o1. The van der Waals surface area contributed by atoms with Crippen LogP contribution in [0.4, 0.5) is 5.88 Å². The second kappa shape index (κ2) is 7.40. The van der Waals surface area contributed by atoms with Gasteiger partial charge in [0.05, 0.1) is 12.7 Å². The van der Waals surface area contributed by atoms with Gasteiger partial charge in [-0.3, -0.25) is 14.9 Å². The number of rotatable bonds is 7. The lowest BCUT2D eigenvalue weighted by atomic mass is 10.1. The van der Waals surface area contributed by atoms with Gasteiger partial charge in [-0.05, 0) is 38.1 Å². The van der Waals surface area contributed by atoms with Gasteiger partial charge in [-0.25, -0.2) is 4.79 Å². The molecule has 1 aromatic heterocycles. The number of hydrogen-bond acceptors (Lipinski definition) is 7. The van der Waals surface area contributed by atoms with E-state index in [0.717, 1.165) is 12.1 Å². The molecule has 24 heavy (non-hydrogen) atoms. The quantitative estimate of drug-likeness (QED) is 0.331. The molecule has 0 N–H and O–H groups in total. The third-order valence-corrected chi connectivity index (χ3v) is 3.10. The zero-order valence-electron chi connectivity index (χ0n) is 13.1. The van der Waals surface area contributed by atoms with E-state index in [-0.39, 0.29) is 18.2 Å². The lowest BCUT2D eigenvalue weighted by Gasteiger charge is -2.11. The van der Waals surface area contributed by atoms with Crippen LogP contribution in [0.5, 0.6) is 5.75 Å². The molecule has 126 valence electrons. The minimum atomic E-state index is -0.848. The van der Waals surface area contributed by atoms with Crippen molar-refractivity contribution in [3.63, 3.8) is 0 Å². The van der Waals surface area contributed by atoms with Gasteiger partial charge in [0, 0.05) is 11.1 Å². The second-order valence-corrected chi connectivity index (χ2v) is 4.78. The van der Waals surface area contributed by atoms with Gasteiger partial charge in [0.15, 0.2) is 5.78 Å². The van der Waals surface area contributed by atoms with Crippen molar-refractivity contribution in [2.45, 2.75) is 20.5 Å². The standard InChI is InChI=1S/C16H15NO7/c1-3-22-13-5-4-11(10(2)18)8-12(13)9-23-16(19)14-6-7-15(24-14)17(20)21/h4-8H,3,9H2,1-2H3. The number of nitro groups is 1. The van der Waals surface area contributed by atoms with Gasteiger partial charge in [-0.2, -0.15) is 0 Å². The number of furan rings is 1. The molecule has 0 fully saturated rings. The Morgan fingerprint density at radius 3 is 2.58 bits per heavy atom. The van der Waals surface area contributed by atoms with Gasteiger partial charge in [0.2, 0.25) is 5.76 Å². The number of carbonyl (C=O) groups excluding carboxylic acids is 2. The van der Waals surface area contributed by atoms with Crippen molar-refractivity contribution in [3.8, 4) is 5.75 Å². The number of hydrogen-bond donors (Lipinski definition) is 0. The fraction of sp³-hybridized carbons (Fsp3) is 0.250. The van der Waals surface area contributed by atoms with E-state index in [1.165, 1.54) is 6.92 Å². The molecule has 0 aliphatic heterocycles. The minimum absolute atomic E-state index is 0.132. The van der Waals surface area contributed by atoms with Crippen LogP contribution < -0.4 is 4.74 Å². The third kappa shape index (κ3) is 3.97. The van der Waals surface area contributed by atoms with Gasteiger partial charge in [0.25, 0.3) is 0 Å². The lowest BCUT2D eigenvalue weighted by Crippen LogP contribution is -2.07. The number of Topliss-reactive ketones (excluding diaryl/α,β-unsaturated/α-hetero) is 1. The Hall–Kier alpha value is -3.16. The van der Waals surface area contributed by atoms with E-state index in [1.54, 1.807) is 25.1 Å². The zero-order chi connectivity index (χ0) is 17.7. The molecule has 0 atom stereocenters. The van der Waals surface area contributed by atoms with Gasteiger partial charge < -0.3 is 13.9 Å². The smallest absolute Gasteiger partial charge is 0.433 e. The number of ether oxygens (including phenoxy) is 2. The largest absolute Gasteiger partial charge is 0.493 e. The Morgan fingerprint density at radius 1 is 1.25 bits per heavy atom. The molecule has 0 saturated carbocycles. The Bertz CT molecular complexity index is 778. The van der Waals surface area contributed by atoms with Crippen LogP contribution in [0.1, 0.15) is 40.3 Å². The summed E-state index contributed by atoms with van der Waals surface area (Å²) in [6.45, 7) is 3.47. The van der Waals surface area contributed by atoms with Crippen LogP contribution in [0.25, 0.3) is 0 Å². The molecule has 0 radical (unpaired) electrons. The van der Waals surface area contributed by atoms with Crippen molar-refractivity contribution < 1.29 is 28.4 Å². The summed E-state index contributed by atoms with van der Waals surface area (Å²) >= 11 is 0. The summed E-state index contributed by atoms with van der Waals surface area (Å²) in [4.78, 5) is 33.2. The number of nitrogens with zero attached hydrogens (tertiary/aromatic N) is 1. The molecule has 0 saturated heterocycles.